The molecule has 2 N–H and O–H groups in total. The van der Waals surface area contributed by atoms with Gasteiger partial charge in [-0.05, 0) is 67.1 Å². The molecule has 0 unspecified atom stereocenters. The molecule has 3 aromatic carbocycles. The van der Waals surface area contributed by atoms with Crippen LogP contribution in [0.2, 0.25) is 15.1 Å². The van der Waals surface area contributed by atoms with Gasteiger partial charge >= 0.3 is 0 Å². The molecule has 0 saturated heterocycles. The second-order valence-corrected chi connectivity index (χ2v) is 7.58. The standard InChI is InChI=1S/C22H16Cl3N3O2/c1-13(27-28-21(29)14-5-7-16(23)8-6-14)15-3-2-4-18(11-15)26-22(30)19-10-9-17(24)12-20(19)25/h2-12H,1H3,(H,26,30)(H,28,29). The largest absolute Gasteiger partial charge is 0.322 e. The number of amides is 2. The van der Waals surface area contributed by atoms with E-state index >= 15 is 0 Å². The Morgan fingerprint density at radius 1 is 0.800 bits per heavy atom. The Kier molecular flexibility index (Phi) is 7.11. The molecule has 152 valence electrons. The number of benzene rings is 3. The maximum absolute atomic E-state index is 12.5. The zero-order chi connectivity index (χ0) is 21.7. The molecular formula is C22H16Cl3N3O2. The number of nitrogens with one attached hydrogen (secondary N) is 2. The minimum Gasteiger partial charge on any atom is -0.322 e. The number of hydrazone groups is 1. The summed E-state index contributed by atoms with van der Waals surface area (Å²) in [6.45, 7) is 1.75. The predicted molar refractivity (Wildman–Crippen MR) is 122 cm³/mol. The molecule has 0 radical (unpaired) electrons. The zero-order valence-electron chi connectivity index (χ0n) is 15.7. The molecule has 3 rings (SSSR count). The van der Waals surface area contributed by atoms with E-state index in [0.717, 1.165) is 5.56 Å². The third kappa shape index (κ3) is 5.60. The highest BCUT2D eigenvalue weighted by atomic mass is 35.5. The molecule has 0 heterocycles. The van der Waals surface area contributed by atoms with Gasteiger partial charge in [0.15, 0.2) is 0 Å². The van der Waals surface area contributed by atoms with E-state index in [1.807, 2.05) is 6.07 Å². The van der Waals surface area contributed by atoms with Crippen LogP contribution >= 0.6 is 34.8 Å². The van der Waals surface area contributed by atoms with Crippen LogP contribution in [0.5, 0.6) is 0 Å². The van der Waals surface area contributed by atoms with Crippen LogP contribution in [0.15, 0.2) is 71.8 Å². The van der Waals surface area contributed by atoms with Crippen LogP contribution in [-0.4, -0.2) is 17.5 Å². The number of hydrogen-bond acceptors (Lipinski definition) is 3. The molecule has 0 aliphatic heterocycles. The summed E-state index contributed by atoms with van der Waals surface area (Å²) < 4.78 is 0. The first-order valence-electron chi connectivity index (χ1n) is 8.80. The van der Waals surface area contributed by atoms with E-state index in [9.17, 15) is 9.59 Å². The summed E-state index contributed by atoms with van der Waals surface area (Å²) in [7, 11) is 0. The second-order valence-electron chi connectivity index (χ2n) is 6.30. The lowest BCUT2D eigenvalue weighted by molar-refractivity contribution is 0.0954. The van der Waals surface area contributed by atoms with Gasteiger partial charge in [-0.15, -0.1) is 0 Å². The van der Waals surface area contributed by atoms with Crippen molar-refractivity contribution in [2.45, 2.75) is 6.92 Å². The third-order valence-corrected chi connectivity index (χ3v) is 4.95. The summed E-state index contributed by atoms with van der Waals surface area (Å²) in [6.07, 6.45) is 0. The Morgan fingerprint density at radius 2 is 1.50 bits per heavy atom. The van der Waals surface area contributed by atoms with Crippen LogP contribution in [0.4, 0.5) is 5.69 Å². The number of hydrogen-bond donors (Lipinski definition) is 2. The molecule has 0 aliphatic carbocycles. The molecular weight excluding hydrogens is 445 g/mol. The lowest BCUT2D eigenvalue weighted by Crippen LogP contribution is -2.19. The van der Waals surface area contributed by atoms with Gasteiger partial charge in [0, 0.05) is 21.3 Å². The molecule has 0 fully saturated rings. The van der Waals surface area contributed by atoms with Crippen LogP contribution < -0.4 is 10.7 Å². The van der Waals surface area contributed by atoms with Crippen molar-refractivity contribution < 1.29 is 9.59 Å². The van der Waals surface area contributed by atoms with E-state index in [1.165, 1.54) is 6.07 Å². The van der Waals surface area contributed by atoms with Crippen molar-refractivity contribution in [2.75, 3.05) is 5.32 Å². The van der Waals surface area contributed by atoms with E-state index in [-0.39, 0.29) is 16.8 Å². The maximum atomic E-state index is 12.5. The van der Waals surface area contributed by atoms with Crippen LogP contribution in [0.1, 0.15) is 33.2 Å². The van der Waals surface area contributed by atoms with E-state index < -0.39 is 0 Å². The first kappa shape index (κ1) is 21.8. The molecule has 3 aromatic rings. The van der Waals surface area contributed by atoms with Crippen LogP contribution in [0.25, 0.3) is 0 Å². The number of anilines is 1. The predicted octanol–water partition coefficient (Wildman–Crippen LogP) is 6.05. The van der Waals surface area contributed by atoms with E-state index in [0.29, 0.717) is 32.6 Å². The highest BCUT2D eigenvalue weighted by Gasteiger charge is 2.12. The Bertz CT molecular complexity index is 1130. The molecule has 0 spiro atoms. The molecule has 30 heavy (non-hydrogen) atoms. The molecule has 0 saturated carbocycles. The third-order valence-electron chi connectivity index (χ3n) is 4.15. The smallest absolute Gasteiger partial charge is 0.271 e. The van der Waals surface area contributed by atoms with Crippen molar-refractivity contribution in [1.29, 1.82) is 0 Å². The van der Waals surface area contributed by atoms with Gasteiger partial charge < -0.3 is 5.32 Å². The van der Waals surface area contributed by atoms with Gasteiger partial charge in [-0.2, -0.15) is 5.10 Å². The monoisotopic (exact) mass is 459 g/mol. The number of carbonyl (C=O) groups excluding carboxylic acids is 2. The van der Waals surface area contributed by atoms with Crippen molar-refractivity contribution in [2.24, 2.45) is 5.10 Å². The van der Waals surface area contributed by atoms with E-state index in [1.54, 1.807) is 61.5 Å². The van der Waals surface area contributed by atoms with Gasteiger partial charge in [-0.3, -0.25) is 9.59 Å². The van der Waals surface area contributed by atoms with Crippen molar-refractivity contribution in [1.82, 2.24) is 5.43 Å². The molecule has 5 nitrogen and oxygen atoms in total. The molecule has 2 amide bonds. The van der Waals surface area contributed by atoms with Gasteiger partial charge in [0.05, 0.1) is 16.3 Å². The van der Waals surface area contributed by atoms with Gasteiger partial charge in [-0.25, -0.2) is 5.43 Å². The first-order chi connectivity index (χ1) is 14.3. The summed E-state index contributed by atoms with van der Waals surface area (Å²) in [4.78, 5) is 24.7. The van der Waals surface area contributed by atoms with Crippen LogP contribution in [-0.2, 0) is 0 Å². The Labute approximate surface area is 188 Å². The van der Waals surface area contributed by atoms with Gasteiger partial charge in [-0.1, -0.05) is 46.9 Å². The first-order valence-corrected chi connectivity index (χ1v) is 9.94. The quantitative estimate of drug-likeness (QED) is 0.359. The molecule has 0 aliphatic rings. The van der Waals surface area contributed by atoms with Gasteiger partial charge in [0.25, 0.3) is 11.8 Å². The SMILES string of the molecule is CC(=NNC(=O)c1ccc(Cl)cc1)c1cccc(NC(=O)c2ccc(Cl)cc2Cl)c1. The number of nitrogens with zero attached hydrogens (tertiary/aromatic N) is 1. The highest BCUT2D eigenvalue weighted by molar-refractivity contribution is 6.37. The molecule has 8 heteroatoms. The Morgan fingerprint density at radius 3 is 2.20 bits per heavy atom. The minimum atomic E-state index is -0.362. The summed E-state index contributed by atoms with van der Waals surface area (Å²) >= 11 is 17.8. The van der Waals surface area contributed by atoms with Gasteiger partial charge in [0.2, 0.25) is 0 Å². The second kappa shape index (κ2) is 9.76. The fraction of sp³-hybridized carbons (Fsp3) is 0.0455. The normalized spacial score (nSPS) is 11.1. The average molecular weight is 461 g/mol. The lowest BCUT2D eigenvalue weighted by Gasteiger charge is -2.09. The summed E-state index contributed by atoms with van der Waals surface area (Å²) in [5.74, 6) is -0.715. The number of halogens is 3. The fourth-order valence-corrected chi connectivity index (χ4v) is 3.18. The topological polar surface area (TPSA) is 70.6 Å². The molecule has 0 aromatic heterocycles. The van der Waals surface area contributed by atoms with Gasteiger partial charge in [0.1, 0.15) is 0 Å². The van der Waals surface area contributed by atoms with E-state index in [4.69, 9.17) is 34.8 Å². The highest BCUT2D eigenvalue weighted by Crippen LogP contribution is 2.22. The van der Waals surface area contributed by atoms with Crippen LogP contribution in [0, 0.1) is 0 Å². The lowest BCUT2D eigenvalue weighted by atomic mass is 10.1. The van der Waals surface area contributed by atoms with Crippen molar-refractivity contribution >= 4 is 58.0 Å². The van der Waals surface area contributed by atoms with Crippen LogP contribution in [0.3, 0.4) is 0 Å². The summed E-state index contributed by atoms with van der Waals surface area (Å²) in [5.41, 5.74) is 5.11. The summed E-state index contributed by atoms with van der Waals surface area (Å²) in [6, 6.07) is 18.2. The number of rotatable bonds is 5. The maximum Gasteiger partial charge on any atom is 0.271 e. The van der Waals surface area contributed by atoms with E-state index in [2.05, 4.69) is 15.8 Å². The summed E-state index contributed by atoms with van der Waals surface area (Å²) in [5, 5.41) is 8.18. The fourth-order valence-electron chi connectivity index (χ4n) is 2.56. The Hall–Kier alpha value is -2.86. The number of carbonyl (C=O) groups is 2. The average Bonchev–Trinajstić information content (AvgIpc) is 2.72. The van der Waals surface area contributed by atoms with Crippen molar-refractivity contribution in [3.63, 3.8) is 0 Å². The Balaban J connectivity index is 1.70. The zero-order valence-corrected chi connectivity index (χ0v) is 18.0. The molecule has 0 bridgehead atoms. The molecule has 0 atom stereocenters. The van der Waals surface area contributed by atoms with Crippen molar-refractivity contribution in [3.8, 4) is 0 Å². The van der Waals surface area contributed by atoms with Crippen molar-refractivity contribution in [3.05, 3.63) is 98.5 Å². The minimum absolute atomic E-state index is 0.263.